The molecule has 0 bridgehead atoms. The number of likely N-dealkylation sites (tertiary alicyclic amines) is 1. The summed E-state index contributed by atoms with van der Waals surface area (Å²) in [5.41, 5.74) is 6.38. The van der Waals surface area contributed by atoms with Gasteiger partial charge in [0.1, 0.15) is 5.78 Å². The number of carbonyl (C=O) groups is 3. The first-order valence-electron chi connectivity index (χ1n) is 15.2. The standard InChI is InChI=1S/C35H36N4O4S/c1-22-29(8-6-9-30(22)37-33(41)32-19-23-7-4-3-5-10-31(23)44-32)26-17-25(34(42)38(2)21-26)18-27-12-11-24(20-36-27)35(43)39-15-13-28(40)14-16-39/h6,8-9,11-12,17,19-21H,3-5,7,10,13-16,18H2,1-2H3,(H,37,41). The van der Waals surface area contributed by atoms with E-state index in [1.54, 1.807) is 46.2 Å². The molecule has 44 heavy (non-hydrogen) atoms. The van der Waals surface area contributed by atoms with Gasteiger partial charge in [-0.05, 0) is 85.2 Å². The van der Waals surface area contributed by atoms with Crippen LogP contribution < -0.4 is 10.9 Å². The van der Waals surface area contributed by atoms with Crippen molar-refractivity contribution < 1.29 is 14.4 Å². The second-order valence-electron chi connectivity index (χ2n) is 11.8. The minimum absolute atomic E-state index is 0.0914. The van der Waals surface area contributed by atoms with Crippen LogP contribution in [0.2, 0.25) is 0 Å². The predicted molar refractivity (Wildman–Crippen MR) is 173 cm³/mol. The number of Topliss-reactive ketones (excluding diaryl/α,β-unsaturated/α-hetero) is 1. The van der Waals surface area contributed by atoms with Gasteiger partial charge >= 0.3 is 0 Å². The Balaban J connectivity index is 1.20. The molecule has 0 unspecified atom stereocenters. The second kappa shape index (κ2) is 12.7. The van der Waals surface area contributed by atoms with Gasteiger partial charge in [0.15, 0.2) is 0 Å². The molecule has 0 radical (unpaired) electrons. The molecule has 0 atom stereocenters. The fraction of sp³-hybridized carbons (Fsp3) is 0.343. The maximum absolute atomic E-state index is 13.3. The van der Waals surface area contributed by atoms with Crippen LogP contribution in [0.4, 0.5) is 5.69 Å². The molecule has 9 heteroatoms. The van der Waals surface area contributed by atoms with Crippen LogP contribution in [0, 0.1) is 6.92 Å². The molecule has 1 saturated heterocycles. The van der Waals surface area contributed by atoms with E-state index >= 15 is 0 Å². The minimum atomic E-state index is -0.133. The molecular formula is C35H36N4O4S. The molecule has 1 aliphatic heterocycles. The van der Waals surface area contributed by atoms with Gasteiger partial charge < -0.3 is 14.8 Å². The predicted octanol–water partition coefficient (Wildman–Crippen LogP) is 5.73. The molecule has 3 aromatic heterocycles. The normalized spacial score (nSPS) is 15.0. The van der Waals surface area contributed by atoms with Gasteiger partial charge in [-0.15, -0.1) is 11.3 Å². The Morgan fingerprint density at radius 2 is 1.77 bits per heavy atom. The molecule has 6 rings (SSSR count). The Morgan fingerprint density at radius 3 is 2.55 bits per heavy atom. The molecular weight excluding hydrogens is 572 g/mol. The van der Waals surface area contributed by atoms with Crippen molar-refractivity contribution in [1.29, 1.82) is 0 Å². The van der Waals surface area contributed by atoms with Crippen molar-refractivity contribution in [2.75, 3.05) is 18.4 Å². The molecule has 8 nitrogen and oxygen atoms in total. The Morgan fingerprint density at radius 1 is 0.977 bits per heavy atom. The number of rotatable bonds is 6. The summed E-state index contributed by atoms with van der Waals surface area (Å²) in [6, 6.07) is 13.3. The molecule has 1 aliphatic carbocycles. The number of piperidine rings is 1. The van der Waals surface area contributed by atoms with Crippen molar-refractivity contribution in [1.82, 2.24) is 14.5 Å². The van der Waals surface area contributed by atoms with Gasteiger partial charge in [-0.2, -0.15) is 0 Å². The van der Waals surface area contributed by atoms with E-state index in [2.05, 4.69) is 16.4 Å². The van der Waals surface area contributed by atoms with Crippen LogP contribution in [0.5, 0.6) is 0 Å². The van der Waals surface area contributed by atoms with Gasteiger partial charge in [-0.25, -0.2) is 0 Å². The van der Waals surface area contributed by atoms with Crippen LogP contribution in [0.25, 0.3) is 11.1 Å². The summed E-state index contributed by atoms with van der Waals surface area (Å²) in [5.74, 6) is -0.0398. The molecule has 1 N–H and O–H groups in total. The molecule has 0 spiro atoms. The summed E-state index contributed by atoms with van der Waals surface area (Å²) < 4.78 is 1.57. The number of thiophene rings is 1. The fourth-order valence-electron chi connectivity index (χ4n) is 6.09. The van der Waals surface area contributed by atoms with E-state index in [0.717, 1.165) is 40.1 Å². The highest BCUT2D eigenvalue weighted by Gasteiger charge is 2.22. The summed E-state index contributed by atoms with van der Waals surface area (Å²) in [6.07, 6.45) is 10.2. The zero-order valence-electron chi connectivity index (χ0n) is 25.2. The van der Waals surface area contributed by atoms with Crippen LogP contribution >= 0.6 is 11.3 Å². The van der Waals surface area contributed by atoms with Gasteiger partial charge in [0.25, 0.3) is 17.4 Å². The van der Waals surface area contributed by atoms with E-state index in [-0.39, 0.29) is 23.2 Å². The van der Waals surface area contributed by atoms with E-state index in [1.807, 2.05) is 37.4 Å². The topological polar surface area (TPSA) is 101 Å². The third-order valence-corrected chi connectivity index (χ3v) is 9.91. The number of carbonyl (C=O) groups excluding carboxylic acids is 3. The summed E-state index contributed by atoms with van der Waals surface area (Å²) in [7, 11) is 1.73. The van der Waals surface area contributed by atoms with Crippen molar-refractivity contribution in [3.05, 3.63) is 103 Å². The number of hydrogen-bond acceptors (Lipinski definition) is 6. The maximum atomic E-state index is 13.3. The van der Waals surface area contributed by atoms with Crippen LogP contribution in [0.1, 0.15) is 79.4 Å². The van der Waals surface area contributed by atoms with Gasteiger partial charge in [0.2, 0.25) is 0 Å². The number of aromatic nitrogens is 2. The highest BCUT2D eigenvalue weighted by molar-refractivity contribution is 7.14. The molecule has 4 heterocycles. The van der Waals surface area contributed by atoms with E-state index in [9.17, 15) is 19.2 Å². The number of ketones is 1. The van der Waals surface area contributed by atoms with E-state index < -0.39 is 0 Å². The number of nitrogens with one attached hydrogen (secondary N) is 1. The summed E-state index contributed by atoms with van der Waals surface area (Å²) >= 11 is 1.61. The van der Waals surface area contributed by atoms with Crippen molar-refractivity contribution in [2.24, 2.45) is 7.05 Å². The van der Waals surface area contributed by atoms with E-state index in [0.29, 0.717) is 49.2 Å². The summed E-state index contributed by atoms with van der Waals surface area (Å²) in [6.45, 7) is 2.85. The average Bonchev–Trinajstić information content (AvgIpc) is 3.31. The first-order valence-corrected chi connectivity index (χ1v) is 16.1. The van der Waals surface area contributed by atoms with Crippen molar-refractivity contribution >= 4 is 34.6 Å². The monoisotopic (exact) mass is 608 g/mol. The van der Waals surface area contributed by atoms with Crippen molar-refractivity contribution in [2.45, 2.75) is 58.3 Å². The largest absolute Gasteiger partial charge is 0.338 e. The first kappa shape index (κ1) is 29.7. The third kappa shape index (κ3) is 6.28. The Labute approximate surface area is 260 Å². The molecule has 2 amide bonds. The lowest BCUT2D eigenvalue weighted by Gasteiger charge is -2.25. The first-order chi connectivity index (χ1) is 21.3. The maximum Gasteiger partial charge on any atom is 0.265 e. The number of amides is 2. The molecule has 226 valence electrons. The summed E-state index contributed by atoms with van der Waals surface area (Å²) in [5, 5.41) is 3.13. The van der Waals surface area contributed by atoms with Gasteiger partial charge in [-0.3, -0.25) is 24.2 Å². The number of aryl methyl sites for hydroxylation is 3. The molecule has 2 aliphatic rings. The number of fused-ring (bicyclic) bond motifs is 1. The van der Waals surface area contributed by atoms with Gasteiger partial charge in [0.05, 0.1) is 10.4 Å². The van der Waals surface area contributed by atoms with Crippen molar-refractivity contribution in [3.8, 4) is 11.1 Å². The number of hydrogen-bond donors (Lipinski definition) is 1. The van der Waals surface area contributed by atoms with Gasteiger partial charge in [0, 0.05) is 73.6 Å². The number of anilines is 1. The Bertz CT molecular complexity index is 1770. The molecule has 1 fully saturated rings. The number of pyridine rings is 2. The van der Waals surface area contributed by atoms with Crippen LogP contribution in [-0.4, -0.2) is 45.1 Å². The SMILES string of the molecule is Cc1c(NC(=O)c2cc3c(s2)CCCCC3)cccc1-c1cc(Cc2ccc(C(=O)N3CCC(=O)CC3)cn2)c(=O)n(C)c1. The second-order valence-corrected chi connectivity index (χ2v) is 12.9. The molecule has 4 aromatic rings. The fourth-order valence-corrected chi connectivity index (χ4v) is 7.24. The lowest BCUT2D eigenvalue weighted by molar-refractivity contribution is -0.120. The smallest absolute Gasteiger partial charge is 0.265 e. The Kier molecular flexibility index (Phi) is 8.57. The Hall–Kier alpha value is -4.37. The zero-order valence-corrected chi connectivity index (χ0v) is 26.0. The molecule has 0 saturated carbocycles. The van der Waals surface area contributed by atoms with Crippen LogP contribution in [0.3, 0.4) is 0 Å². The van der Waals surface area contributed by atoms with Gasteiger partial charge in [-0.1, -0.05) is 18.6 Å². The van der Waals surface area contributed by atoms with Crippen molar-refractivity contribution in [3.63, 3.8) is 0 Å². The van der Waals surface area contributed by atoms with E-state index in [1.165, 1.54) is 29.7 Å². The van der Waals surface area contributed by atoms with Crippen LogP contribution in [0.15, 0.2) is 59.7 Å². The number of benzene rings is 1. The zero-order chi connectivity index (χ0) is 30.8. The average molecular weight is 609 g/mol. The van der Waals surface area contributed by atoms with Crippen LogP contribution in [-0.2, 0) is 31.1 Å². The highest BCUT2D eigenvalue weighted by Crippen LogP contribution is 2.32. The lowest BCUT2D eigenvalue weighted by atomic mass is 9.98. The lowest BCUT2D eigenvalue weighted by Crippen LogP contribution is -2.38. The number of nitrogens with zero attached hydrogens (tertiary/aromatic N) is 3. The molecule has 1 aromatic carbocycles. The summed E-state index contributed by atoms with van der Waals surface area (Å²) in [4.78, 5) is 59.0. The quantitative estimate of drug-likeness (QED) is 0.282. The van der Waals surface area contributed by atoms with E-state index in [4.69, 9.17) is 0 Å². The third-order valence-electron chi connectivity index (χ3n) is 8.67. The minimum Gasteiger partial charge on any atom is -0.338 e. The highest BCUT2D eigenvalue weighted by atomic mass is 32.1.